The maximum absolute atomic E-state index is 12.9. The number of ether oxygens (including phenoxy) is 2. The number of benzene rings is 1. The normalized spacial score (nSPS) is 20.1. The minimum Gasteiger partial charge on any atom is -0.493 e. The van der Waals surface area contributed by atoms with Gasteiger partial charge < -0.3 is 9.47 Å². The highest BCUT2D eigenvalue weighted by Gasteiger charge is 2.32. The Hall–Kier alpha value is -2.15. The maximum Gasteiger partial charge on any atom is 0.271 e. The van der Waals surface area contributed by atoms with Crippen molar-refractivity contribution in [3.63, 3.8) is 0 Å². The fourth-order valence-electron chi connectivity index (χ4n) is 4.06. The van der Waals surface area contributed by atoms with Crippen molar-refractivity contribution in [2.75, 3.05) is 14.2 Å². The third-order valence-electron chi connectivity index (χ3n) is 5.40. The molecule has 0 radical (unpaired) electrons. The molecule has 1 aliphatic carbocycles. The summed E-state index contributed by atoms with van der Waals surface area (Å²) in [5, 5.41) is 3.94. The first-order valence-corrected chi connectivity index (χ1v) is 10.3. The van der Waals surface area contributed by atoms with Crippen LogP contribution in [0.1, 0.15) is 61.4 Å². The van der Waals surface area contributed by atoms with E-state index in [-0.39, 0.29) is 10.8 Å². The number of hydrogen-bond donors (Lipinski definition) is 1. The van der Waals surface area contributed by atoms with Gasteiger partial charge >= 0.3 is 0 Å². The number of rotatable bonds is 4. The smallest absolute Gasteiger partial charge is 0.271 e. The standard InChI is InChI=1S/C20H25N3O3S/c1-12-21-19-17(20(24)22-23(19)14-7-5-4-6-8-14)18(27-12)13-9-10-15(25-2)16(11-13)26-3/h9-11,14,18H,4-8H2,1-3H3,(H,22,24)/t18-/m1/s1. The summed E-state index contributed by atoms with van der Waals surface area (Å²) in [7, 11) is 3.25. The molecule has 7 heteroatoms. The molecule has 27 heavy (non-hydrogen) atoms. The molecular weight excluding hydrogens is 362 g/mol. The predicted molar refractivity (Wildman–Crippen MR) is 109 cm³/mol. The van der Waals surface area contributed by atoms with Gasteiger partial charge in [-0.1, -0.05) is 37.1 Å². The van der Waals surface area contributed by atoms with Gasteiger partial charge in [0.15, 0.2) is 17.3 Å². The lowest BCUT2D eigenvalue weighted by atomic mass is 9.95. The SMILES string of the molecule is COc1ccc([C@H]2SC(C)=Nc3c2c(=O)[nH]n3C2CCCCC2)cc1OC. The second-order valence-electron chi connectivity index (χ2n) is 7.08. The van der Waals surface area contributed by atoms with Crippen molar-refractivity contribution in [1.29, 1.82) is 0 Å². The van der Waals surface area contributed by atoms with Gasteiger partial charge in [-0.15, -0.1) is 0 Å². The van der Waals surface area contributed by atoms with Gasteiger partial charge in [-0.25, -0.2) is 4.99 Å². The van der Waals surface area contributed by atoms with E-state index in [1.807, 2.05) is 29.8 Å². The molecule has 1 saturated carbocycles. The van der Waals surface area contributed by atoms with E-state index >= 15 is 0 Å². The van der Waals surface area contributed by atoms with Gasteiger partial charge in [-0.05, 0) is 37.5 Å². The summed E-state index contributed by atoms with van der Waals surface area (Å²) in [4.78, 5) is 17.6. The zero-order valence-corrected chi connectivity index (χ0v) is 16.8. The summed E-state index contributed by atoms with van der Waals surface area (Å²) < 4.78 is 12.8. The zero-order chi connectivity index (χ0) is 19.0. The molecule has 0 spiro atoms. The number of nitrogens with one attached hydrogen (secondary N) is 1. The minimum absolute atomic E-state index is 0.0425. The monoisotopic (exact) mass is 387 g/mol. The third kappa shape index (κ3) is 3.29. The molecule has 1 fully saturated rings. The molecule has 2 aromatic rings. The molecular formula is C20H25N3O3S. The number of aromatic amines is 1. The van der Waals surface area contributed by atoms with Gasteiger partial charge in [-0.2, -0.15) is 0 Å². The van der Waals surface area contributed by atoms with Crippen molar-refractivity contribution < 1.29 is 9.47 Å². The van der Waals surface area contributed by atoms with Gasteiger partial charge in [0.05, 0.1) is 36.1 Å². The Morgan fingerprint density at radius 3 is 2.59 bits per heavy atom. The van der Waals surface area contributed by atoms with E-state index < -0.39 is 0 Å². The Morgan fingerprint density at radius 1 is 1.15 bits per heavy atom. The summed E-state index contributed by atoms with van der Waals surface area (Å²) in [6.07, 6.45) is 5.88. The van der Waals surface area contributed by atoms with Crippen LogP contribution < -0.4 is 15.0 Å². The molecule has 2 aliphatic rings. The number of nitrogens with zero attached hydrogens (tertiary/aromatic N) is 2. The van der Waals surface area contributed by atoms with Crippen LogP contribution in [0.15, 0.2) is 28.0 Å². The van der Waals surface area contributed by atoms with E-state index in [0.717, 1.165) is 34.8 Å². The maximum atomic E-state index is 12.9. The Morgan fingerprint density at radius 2 is 1.89 bits per heavy atom. The second kappa shape index (κ2) is 7.46. The first kappa shape index (κ1) is 18.2. The average molecular weight is 388 g/mol. The van der Waals surface area contributed by atoms with E-state index in [1.54, 1.807) is 26.0 Å². The predicted octanol–water partition coefficient (Wildman–Crippen LogP) is 4.58. The van der Waals surface area contributed by atoms with Crippen molar-refractivity contribution in [3.05, 3.63) is 39.7 Å². The molecule has 1 aromatic heterocycles. The molecule has 2 heterocycles. The largest absolute Gasteiger partial charge is 0.493 e. The van der Waals surface area contributed by atoms with Crippen LogP contribution in [0.2, 0.25) is 0 Å². The van der Waals surface area contributed by atoms with Crippen LogP contribution in [0.25, 0.3) is 0 Å². The van der Waals surface area contributed by atoms with Crippen LogP contribution in [0.4, 0.5) is 5.82 Å². The molecule has 0 saturated heterocycles. The number of hydrogen-bond acceptors (Lipinski definition) is 5. The molecule has 0 amide bonds. The summed E-state index contributed by atoms with van der Waals surface area (Å²) in [5.41, 5.74) is 1.71. The molecule has 6 nitrogen and oxygen atoms in total. The Kier molecular flexibility index (Phi) is 5.04. The first-order valence-electron chi connectivity index (χ1n) is 9.40. The highest BCUT2D eigenvalue weighted by molar-refractivity contribution is 8.14. The summed E-state index contributed by atoms with van der Waals surface area (Å²) in [6.45, 7) is 2.00. The number of thioether (sulfide) groups is 1. The highest BCUT2D eigenvalue weighted by atomic mass is 32.2. The van der Waals surface area contributed by atoms with Crippen molar-refractivity contribution in [3.8, 4) is 11.5 Å². The molecule has 1 atom stereocenters. The van der Waals surface area contributed by atoms with Crippen LogP contribution in [0, 0.1) is 0 Å². The second-order valence-corrected chi connectivity index (χ2v) is 8.38. The quantitative estimate of drug-likeness (QED) is 0.833. The lowest BCUT2D eigenvalue weighted by Crippen LogP contribution is -2.16. The molecule has 1 aromatic carbocycles. The van der Waals surface area contributed by atoms with Crippen molar-refractivity contribution in [2.45, 2.75) is 50.3 Å². The summed E-state index contributed by atoms with van der Waals surface area (Å²) in [5.74, 6) is 2.14. The van der Waals surface area contributed by atoms with Gasteiger partial charge in [-0.3, -0.25) is 14.6 Å². The average Bonchev–Trinajstić information content (AvgIpc) is 3.03. The van der Waals surface area contributed by atoms with Gasteiger partial charge in [0, 0.05) is 0 Å². The van der Waals surface area contributed by atoms with Crippen LogP contribution in [0.5, 0.6) is 11.5 Å². The molecule has 0 bridgehead atoms. The van der Waals surface area contributed by atoms with Crippen LogP contribution in [0.3, 0.4) is 0 Å². The number of aromatic nitrogens is 2. The number of fused-ring (bicyclic) bond motifs is 1. The molecule has 0 unspecified atom stereocenters. The Bertz CT molecular complexity index is 925. The first-order chi connectivity index (χ1) is 13.1. The lowest BCUT2D eigenvalue weighted by Gasteiger charge is -2.26. The lowest BCUT2D eigenvalue weighted by molar-refractivity contribution is 0.331. The van der Waals surface area contributed by atoms with E-state index in [9.17, 15) is 4.79 Å². The number of aliphatic imine (C=N–C) groups is 1. The summed E-state index contributed by atoms with van der Waals surface area (Å²) >= 11 is 1.61. The Labute approximate surface area is 163 Å². The van der Waals surface area contributed by atoms with Crippen LogP contribution >= 0.6 is 11.8 Å². The topological polar surface area (TPSA) is 68.6 Å². The van der Waals surface area contributed by atoms with E-state index in [4.69, 9.17) is 14.5 Å². The highest BCUT2D eigenvalue weighted by Crippen LogP contribution is 2.46. The van der Waals surface area contributed by atoms with Gasteiger partial charge in [0.25, 0.3) is 5.56 Å². The summed E-state index contributed by atoms with van der Waals surface area (Å²) in [6, 6.07) is 6.18. The van der Waals surface area contributed by atoms with Gasteiger partial charge in [0.1, 0.15) is 0 Å². The fraction of sp³-hybridized carbons (Fsp3) is 0.500. The van der Waals surface area contributed by atoms with Crippen LogP contribution in [-0.2, 0) is 0 Å². The van der Waals surface area contributed by atoms with Crippen molar-refractivity contribution >= 4 is 22.6 Å². The molecule has 4 rings (SSSR count). The fourth-order valence-corrected chi connectivity index (χ4v) is 5.16. The molecule has 144 valence electrons. The molecule has 1 N–H and O–H groups in total. The van der Waals surface area contributed by atoms with Crippen molar-refractivity contribution in [1.82, 2.24) is 9.78 Å². The zero-order valence-electron chi connectivity index (χ0n) is 15.9. The van der Waals surface area contributed by atoms with E-state index in [1.165, 1.54) is 19.3 Å². The van der Waals surface area contributed by atoms with Crippen molar-refractivity contribution in [2.24, 2.45) is 4.99 Å². The third-order valence-corrected chi connectivity index (χ3v) is 6.58. The van der Waals surface area contributed by atoms with E-state index in [2.05, 4.69) is 5.10 Å². The molecule has 1 aliphatic heterocycles. The minimum atomic E-state index is -0.106. The van der Waals surface area contributed by atoms with Gasteiger partial charge in [0.2, 0.25) is 0 Å². The number of H-pyrrole nitrogens is 1. The number of methoxy groups -OCH3 is 2. The van der Waals surface area contributed by atoms with Crippen LogP contribution in [-0.4, -0.2) is 29.0 Å². The van der Waals surface area contributed by atoms with E-state index in [0.29, 0.717) is 17.5 Å². The Balaban J connectivity index is 1.79.